The van der Waals surface area contributed by atoms with Gasteiger partial charge in [0.2, 0.25) is 0 Å². The molecule has 0 bridgehead atoms. The average Bonchev–Trinajstić information content (AvgIpc) is 2.17. The van der Waals surface area contributed by atoms with Gasteiger partial charge in [-0.3, -0.25) is 4.90 Å². The highest BCUT2D eigenvalue weighted by Crippen LogP contribution is 2.14. The summed E-state index contributed by atoms with van der Waals surface area (Å²) in [7, 11) is 2.16. The molecular weight excluding hydrogens is 152 g/mol. The van der Waals surface area contributed by atoms with Crippen LogP contribution in [0.25, 0.3) is 0 Å². The molecule has 1 fully saturated rings. The summed E-state index contributed by atoms with van der Waals surface area (Å²) in [5.41, 5.74) is 5.61. The Balaban J connectivity index is 2.33. The van der Waals surface area contributed by atoms with E-state index < -0.39 is 0 Å². The molecule has 0 saturated carbocycles. The fourth-order valence-electron chi connectivity index (χ4n) is 1.62. The summed E-state index contributed by atoms with van der Waals surface area (Å²) in [4.78, 5) is 2.38. The maximum atomic E-state index is 5.61. The molecule has 72 valence electrons. The van der Waals surface area contributed by atoms with E-state index in [4.69, 9.17) is 10.5 Å². The standard InChI is InChI=1S/C9H20N2O/c1-8(7-10)11(2)9-3-5-12-6-4-9/h8-9H,3-7,10H2,1-2H3/t8-/m0/s1. The van der Waals surface area contributed by atoms with E-state index in [9.17, 15) is 0 Å². The van der Waals surface area contributed by atoms with Crippen molar-refractivity contribution < 1.29 is 4.74 Å². The Morgan fingerprint density at radius 3 is 2.58 bits per heavy atom. The average molecular weight is 172 g/mol. The molecule has 3 heteroatoms. The van der Waals surface area contributed by atoms with Gasteiger partial charge in [-0.2, -0.15) is 0 Å². The SMILES string of the molecule is C[C@@H](CN)N(C)C1CCOCC1. The Hall–Kier alpha value is -0.120. The molecule has 0 spiro atoms. The summed E-state index contributed by atoms with van der Waals surface area (Å²) >= 11 is 0. The number of nitrogens with zero attached hydrogens (tertiary/aromatic N) is 1. The second kappa shape index (κ2) is 4.80. The van der Waals surface area contributed by atoms with Crippen molar-refractivity contribution in [1.82, 2.24) is 4.90 Å². The van der Waals surface area contributed by atoms with Crippen LogP contribution in [-0.4, -0.2) is 43.8 Å². The van der Waals surface area contributed by atoms with Crippen LogP contribution in [0.4, 0.5) is 0 Å². The van der Waals surface area contributed by atoms with Crippen molar-refractivity contribution in [3.63, 3.8) is 0 Å². The second-order valence-electron chi connectivity index (χ2n) is 3.59. The van der Waals surface area contributed by atoms with Crippen molar-refractivity contribution in [1.29, 1.82) is 0 Å². The highest BCUT2D eigenvalue weighted by molar-refractivity contribution is 4.76. The van der Waals surface area contributed by atoms with Crippen LogP contribution in [0, 0.1) is 0 Å². The highest BCUT2D eigenvalue weighted by Gasteiger charge is 2.20. The Morgan fingerprint density at radius 2 is 2.08 bits per heavy atom. The number of hydrogen-bond donors (Lipinski definition) is 1. The Morgan fingerprint density at radius 1 is 1.50 bits per heavy atom. The van der Waals surface area contributed by atoms with Crippen LogP contribution >= 0.6 is 0 Å². The molecular formula is C9H20N2O. The minimum atomic E-state index is 0.494. The third-order valence-electron chi connectivity index (χ3n) is 2.80. The molecule has 1 saturated heterocycles. The third-order valence-corrected chi connectivity index (χ3v) is 2.80. The van der Waals surface area contributed by atoms with Gasteiger partial charge < -0.3 is 10.5 Å². The fourth-order valence-corrected chi connectivity index (χ4v) is 1.62. The quantitative estimate of drug-likeness (QED) is 0.671. The zero-order valence-corrected chi connectivity index (χ0v) is 8.12. The summed E-state index contributed by atoms with van der Waals surface area (Å²) in [6.07, 6.45) is 2.31. The molecule has 0 unspecified atom stereocenters. The fraction of sp³-hybridized carbons (Fsp3) is 1.00. The van der Waals surface area contributed by atoms with Crippen molar-refractivity contribution in [3.8, 4) is 0 Å². The monoisotopic (exact) mass is 172 g/mol. The number of rotatable bonds is 3. The van der Waals surface area contributed by atoms with Crippen LogP contribution in [-0.2, 0) is 4.74 Å². The molecule has 1 atom stereocenters. The lowest BCUT2D eigenvalue weighted by Gasteiger charge is -2.34. The van der Waals surface area contributed by atoms with Crippen LogP contribution in [0.2, 0.25) is 0 Å². The lowest BCUT2D eigenvalue weighted by molar-refractivity contribution is 0.0323. The molecule has 1 rings (SSSR count). The molecule has 12 heavy (non-hydrogen) atoms. The zero-order chi connectivity index (χ0) is 8.97. The first-order valence-electron chi connectivity index (χ1n) is 4.75. The maximum absolute atomic E-state index is 5.61. The minimum absolute atomic E-state index is 0.494. The van der Waals surface area contributed by atoms with Gasteiger partial charge >= 0.3 is 0 Å². The first-order chi connectivity index (χ1) is 5.75. The normalized spacial score (nSPS) is 23.0. The van der Waals surface area contributed by atoms with Crippen LogP contribution < -0.4 is 5.73 Å². The summed E-state index contributed by atoms with van der Waals surface area (Å²) in [6, 6.07) is 1.17. The van der Waals surface area contributed by atoms with Gasteiger partial charge in [0.25, 0.3) is 0 Å². The zero-order valence-electron chi connectivity index (χ0n) is 8.12. The molecule has 0 aliphatic carbocycles. The second-order valence-corrected chi connectivity index (χ2v) is 3.59. The summed E-state index contributed by atoms with van der Waals surface area (Å²) in [5.74, 6) is 0. The molecule has 2 N–H and O–H groups in total. The van der Waals surface area contributed by atoms with Crippen LogP contribution in [0.1, 0.15) is 19.8 Å². The van der Waals surface area contributed by atoms with E-state index in [0.29, 0.717) is 12.1 Å². The molecule has 0 aromatic heterocycles. The van der Waals surface area contributed by atoms with Gasteiger partial charge in [-0.15, -0.1) is 0 Å². The van der Waals surface area contributed by atoms with Crippen LogP contribution in [0.15, 0.2) is 0 Å². The Bertz CT molecular complexity index is 124. The van der Waals surface area contributed by atoms with Gasteiger partial charge in [-0.05, 0) is 26.8 Å². The molecule has 0 radical (unpaired) electrons. The van der Waals surface area contributed by atoms with Crippen molar-refractivity contribution >= 4 is 0 Å². The molecule has 1 aliphatic rings. The maximum Gasteiger partial charge on any atom is 0.0480 e. The van der Waals surface area contributed by atoms with E-state index in [1.54, 1.807) is 0 Å². The molecule has 0 amide bonds. The smallest absolute Gasteiger partial charge is 0.0480 e. The van der Waals surface area contributed by atoms with E-state index in [0.717, 1.165) is 32.6 Å². The topological polar surface area (TPSA) is 38.5 Å². The number of hydrogen-bond acceptors (Lipinski definition) is 3. The largest absolute Gasteiger partial charge is 0.381 e. The van der Waals surface area contributed by atoms with E-state index in [1.807, 2.05) is 0 Å². The van der Waals surface area contributed by atoms with Crippen molar-refractivity contribution in [3.05, 3.63) is 0 Å². The van der Waals surface area contributed by atoms with Gasteiger partial charge in [-0.25, -0.2) is 0 Å². The first-order valence-corrected chi connectivity index (χ1v) is 4.75. The predicted molar refractivity (Wildman–Crippen MR) is 50.1 cm³/mol. The van der Waals surface area contributed by atoms with Gasteiger partial charge in [-0.1, -0.05) is 0 Å². The summed E-state index contributed by atoms with van der Waals surface area (Å²) in [5, 5.41) is 0. The van der Waals surface area contributed by atoms with Gasteiger partial charge in [0.1, 0.15) is 0 Å². The van der Waals surface area contributed by atoms with Crippen molar-refractivity contribution in [2.24, 2.45) is 5.73 Å². The van der Waals surface area contributed by atoms with E-state index in [1.165, 1.54) is 0 Å². The Kier molecular flexibility index (Phi) is 3.98. The van der Waals surface area contributed by atoms with Crippen molar-refractivity contribution in [2.45, 2.75) is 31.8 Å². The van der Waals surface area contributed by atoms with Gasteiger partial charge in [0, 0.05) is 31.8 Å². The number of nitrogens with two attached hydrogens (primary N) is 1. The van der Waals surface area contributed by atoms with Crippen LogP contribution in [0.3, 0.4) is 0 Å². The lowest BCUT2D eigenvalue weighted by Crippen LogP contribution is -2.44. The molecule has 3 nitrogen and oxygen atoms in total. The summed E-state index contributed by atoms with van der Waals surface area (Å²) < 4.78 is 5.31. The molecule has 0 aromatic carbocycles. The molecule has 1 aliphatic heterocycles. The van der Waals surface area contributed by atoms with Gasteiger partial charge in [0.15, 0.2) is 0 Å². The Labute approximate surface area is 74.9 Å². The first kappa shape index (κ1) is 9.96. The predicted octanol–water partition coefficient (Wildman–Crippen LogP) is 0.444. The third kappa shape index (κ3) is 2.44. The molecule has 0 aromatic rings. The van der Waals surface area contributed by atoms with Gasteiger partial charge in [0.05, 0.1) is 0 Å². The van der Waals surface area contributed by atoms with E-state index >= 15 is 0 Å². The minimum Gasteiger partial charge on any atom is -0.381 e. The molecule has 1 heterocycles. The summed E-state index contributed by atoms with van der Waals surface area (Å²) in [6.45, 7) is 4.74. The highest BCUT2D eigenvalue weighted by atomic mass is 16.5. The lowest BCUT2D eigenvalue weighted by atomic mass is 10.1. The van der Waals surface area contributed by atoms with Crippen molar-refractivity contribution in [2.75, 3.05) is 26.8 Å². The number of ether oxygens (including phenoxy) is 1. The van der Waals surface area contributed by atoms with E-state index in [-0.39, 0.29) is 0 Å². The van der Waals surface area contributed by atoms with Crippen LogP contribution in [0.5, 0.6) is 0 Å². The van der Waals surface area contributed by atoms with E-state index in [2.05, 4.69) is 18.9 Å². The number of likely N-dealkylation sites (N-methyl/N-ethyl adjacent to an activating group) is 1.